The smallest absolute Gasteiger partial charge is 0.242 e. The Morgan fingerprint density at radius 2 is 1.84 bits per heavy atom. The second kappa shape index (κ2) is 11.7. The molecule has 0 aliphatic heterocycles. The molecule has 1 fully saturated rings. The molecule has 1 aliphatic rings. The van der Waals surface area contributed by atoms with Gasteiger partial charge in [-0.15, -0.1) is 0 Å². The van der Waals surface area contributed by atoms with Crippen LogP contribution < -0.4 is 0 Å². The van der Waals surface area contributed by atoms with E-state index in [4.69, 9.17) is 9.15 Å². The summed E-state index contributed by atoms with van der Waals surface area (Å²) in [5.74, 6) is 1.73. The zero-order chi connectivity index (χ0) is 22.1. The molecule has 0 N–H and O–H groups in total. The lowest BCUT2D eigenvalue weighted by molar-refractivity contribution is -0.141. The Balaban J connectivity index is 1.65. The molecular formula is C25H34N2O4. The van der Waals surface area contributed by atoms with Gasteiger partial charge in [0.2, 0.25) is 11.8 Å². The highest BCUT2D eigenvalue weighted by molar-refractivity contribution is 5.87. The van der Waals surface area contributed by atoms with Gasteiger partial charge in [-0.3, -0.25) is 9.59 Å². The first-order valence-corrected chi connectivity index (χ1v) is 11.3. The minimum Gasteiger partial charge on any atom is -0.464 e. The number of hydrogen-bond donors (Lipinski definition) is 0. The lowest BCUT2D eigenvalue weighted by atomic mass is 10.1. The van der Waals surface area contributed by atoms with E-state index in [2.05, 4.69) is 12.1 Å². The van der Waals surface area contributed by atoms with Crippen LogP contribution in [-0.4, -0.2) is 54.5 Å². The molecule has 0 saturated heterocycles. The first-order valence-electron chi connectivity index (χ1n) is 11.3. The predicted molar refractivity (Wildman–Crippen MR) is 119 cm³/mol. The monoisotopic (exact) mass is 426 g/mol. The van der Waals surface area contributed by atoms with Crippen LogP contribution in [0.25, 0.3) is 0 Å². The van der Waals surface area contributed by atoms with E-state index in [0.29, 0.717) is 32.8 Å². The molecule has 31 heavy (non-hydrogen) atoms. The number of amides is 2. The van der Waals surface area contributed by atoms with Gasteiger partial charge in [-0.2, -0.15) is 0 Å². The lowest BCUT2D eigenvalue weighted by Gasteiger charge is -2.27. The second-order valence-electron chi connectivity index (χ2n) is 8.15. The van der Waals surface area contributed by atoms with Crippen molar-refractivity contribution in [3.05, 3.63) is 59.5 Å². The first kappa shape index (κ1) is 23.1. The third-order valence-electron chi connectivity index (χ3n) is 5.49. The van der Waals surface area contributed by atoms with E-state index in [1.807, 2.05) is 44.2 Å². The van der Waals surface area contributed by atoms with Crippen molar-refractivity contribution in [3.8, 4) is 0 Å². The predicted octanol–water partition coefficient (Wildman–Crippen LogP) is 3.82. The van der Waals surface area contributed by atoms with Crippen LogP contribution in [0.3, 0.4) is 0 Å². The molecule has 1 aliphatic carbocycles. The van der Waals surface area contributed by atoms with Crippen LogP contribution in [-0.2, 0) is 27.3 Å². The fourth-order valence-electron chi connectivity index (χ4n) is 3.58. The first-order chi connectivity index (χ1) is 15.1. The summed E-state index contributed by atoms with van der Waals surface area (Å²) < 4.78 is 11.1. The molecule has 1 saturated carbocycles. The molecule has 3 rings (SSSR count). The zero-order valence-electron chi connectivity index (χ0n) is 18.7. The SMILES string of the molecule is CCOCCCN(CC(=O)N(CCc1ccccc1)Cc1ccc(C)o1)C(=O)C1CC1. The Labute approximate surface area is 185 Å². The summed E-state index contributed by atoms with van der Waals surface area (Å²) in [6.45, 7) is 6.75. The van der Waals surface area contributed by atoms with Gasteiger partial charge in [0.25, 0.3) is 0 Å². The number of carbonyl (C=O) groups excluding carboxylic acids is 2. The zero-order valence-corrected chi connectivity index (χ0v) is 18.7. The average molecular weight is 427 g/mol. The number of aryl methyl sites for hydroxylation is 1. The molecule has 1 heterocycles. The van der Waals surface area contributed by atoms with Gasteiger partial charge in [-0.25, -0.2) is 0 Å². The van der Waals surface area contributed by atoms with Gasteiger partial charge in [0.05, 0.1) is 13.1 Å². The molecule has 2 aromatic rings. The average Bonchev–Trinajstić information content (AvgIpc) is 3.55. The summed E-state index contributed by atoms with van der Waals surface area (Å²) in [6, 6.07) is 13.9. The number of benzene rings is 1. The molecule has 6 heteroatoms. The quantitative estimate of drug-likeness (QED) is 0.457. The van der Waals surface area contributed by atoms with Crippen LogP contribution in [0, 0.1) is 12.8 Å². The van der Waals surface area contributed by atoms with Gasteiger partial charge in [0, 0.05) is 32.2 Å². The Bertz CT molecular complexity index is 829. The molecule has 6 nitrogen and oxygen atoms in total. The second-order valence-corrected chi connectivity index (χ2v) is 8.15. The molecular weight excluding hydrogens is 392 g/mol. The summed E-state index contributed by atoms with van der Waals surface area (Å²) in [5, 5.41) is 0. The van der Waals surface area contributed by atoms with Crippen molar-refractivity contribution in [2.45, 2.75) is 46.1 Å². The minimum absolute atomic E-state index is 0.0459. The summed E-state index contributed by atoms with van der Waals surface area (Å²) in [5.41, 5.74) is 1.18. The standard InChI is InChI=1S/C25H34N2O4/c1-3-30-17-7-15-27(25(29)22-11-12-22)19-24(28)26(18-23-13-10-20(2)31-23)16-14-21-8-5-4-6-9-21/h4-6,8-10,13,22H,3,7,11-12,14-19H2,1-2H3. The molecule has 0 atom stereocenters. The Kier molecular flexibility index (Phi) is 8.71. The number of nitrogens with zero attached hydrogens (tertiary/aromatic N) is 2. The van der Waals surface area contributed by atoms with Gasteiger partial charge in [-0.1, -0.05) is 30.3 Å². The van der Waals surface area contributed by atoms with Crippen molar-refractivity contribution < 1.29 is 18.7 Å². The fourth-order valence-corrected chi connectivity index (χ4v) is 3.58. The van der Waals surface area contributed by atoms with Gasteiger partial charge >= 0.3 is 0 Å². The lowest BCUT2D eigenvalue weighted by Crippen LogP contribution is -2.44. The molecule has 0 bridgehead atoms. The summed E-state index contributed by atoms with van der Waals surface area (Å²) in [4.78, 5) is 29.6. The number of furan rings is 1. The largest absolute Gasteiger partial charge is 0.464 e. The summed E-state index contributed by atoms with van der Waals surface area (Å²) in [7, 11) is 0. The number of rotatable bonds is 13. The molecule has 0 spiro atoms. The molecule has 2 amide bonds. The highest BCUT2D eigenvalue weighted by Gasteiger charge is 2.34. The Hall–Kier alpha value is -2.60. The van der Waals surface area contributed by atoms with E-state index in [1.165, 1.54) is 5.56 Å². The maximum Gasteiger partial charge on any atom is 0.242 e. The Morgan fingerprint density at radius 3 is 2.48 bits per heavy atom. The van der Waals surface area contributed by atoms with Crippen LogP contribution in [0.2, 0.25) is 0 Å². The van der Waals surface area contributed by atoms with E-state index < -0.39 is 0 Å². The van der Waals surface area contributed by atoms with Crippen molar-refractivity contribution in [3.63, 3.8) is 0 Å². The minimum atomic E-state index is -0.0459. The van der Waals surface area contributed by atoms with E-state index >= 15 is 0 Å². The van der Waals surface area contributed by atoms with Crippen LogP contribution in [0.1, 0.15) is 43.3 Å². The molecule has 1 aromatic carbocycles. The topological polar surface area (TPSA) is 63.0 Å². The number of carbonyl (C=O) groups is 2. The maximum atomic E-state index is 13.3. The van der Waals surface area contributed by atoms with Gasteiger partial charge in [-0.05, 0) is 57.2 Å². The normalized spacial score (nSPS) is 13.2. The van der Waals surface area contributed by atoms with Gasteiger partial charge in [0.1, 0.15) is 11.5 Å². The Morgan fingerprint density at radius 1 is 1.06 bits per heavy atom. The highest BCUT2D eigenvalue weighted by Crippen LogP contribution is 2.31. The van der Waals surface area contributed by atoms with Gasteiger partial charge < -0.3 is 19.0 Å². The van der Waals surface area contributed by atoms with E-state index in [-0.39, 0.29) is 24.3 Å². The van der Waals surface area contributed by atoms with E-state index in [1.54, 1.807) is 9.80 Å². The highest BCUT2D eigenvalue weighted by atomic mass is 16.5. The van der Waals surface area contributed by atoms with Crippen LogP contribution >= 0.6 is 0 Å². The number of ether oxygens (including phenoxy) is 1. The third kappa shape index (κ3) is 7.55. The third-order valence-corrected chi connectivity index (χ3v) is 5.49. The van der Waals surface area contributed by atoms with E-state index in [0.717, 1.165) is 37.2 Å². The van der Waals surface area contributed by atoms with Crippen molar-refractivity contribution >= 4 is 11.8 Å². The number of hydrogen-bond acceptors (Lipinski definition) is 4. The van der Waals surface area contributed by atoms with Crippen LogP contribution in [0.5, 0.6) is 0 Å². The molecule has 0 unspecified atom stereocenters. The molecule has 168 valence electrons. The summed E-state index contributed by atoms with van der Waals surface area (Å²) >= 11 is 0. The fraction of sp³-hybridized carbons (Fsp3) is 0.520. The van der Waals surface area contributed by atoms with Crippen LogP contribution in [0.15, 0.2) is 46.9 Å². The summed E-state index contributed by atoms with van der Waals surface area (Å²) in [6.07, 6.45) is 3.35. The van der Waals surface area contributed by atoms with Crippen LogP contribution in [0.4, 0.5) is 0 Å². The maximum absolute atomic E-state index is 13.3. The van der Waals surface area contributed by atoms with E-state index in [9.17, 15) is 9.59 Å². The molecule has 0 radical (unpaired) electrons. The van der Waals surface area contributed by atoms with Crippen molar-refractivity contribution in [2.24, 2.45) is 5.92 Å². The van der Waals surface area contributed by atoms with Crippen molar-refractivity contribution in [1.29, 1.82) is 0 Å². The molecule has 1 aromatic heterocycles. The van der Waals surface area contributed by atoms with Crippen molar-refractivity contribution in [2.75, 3.05) is 32.8 Å². The van der Waals surface area contributed by atoms with Gasteiger partial charge in [0.15, 0.2) is 0 Å². The van der Waals surface area contributed by atoms with Crippen molar-refractivity contribution in [1.82, 2.24) is 9.80 Å².